The number of allylic oxidation sites excluding steroid dienone is 1. The minimum absolute atomic E-state index is 0.0377. The summed E-state index contributed by atoms with van der Waals surface area (Å²) in [7, 11) is 0. The van der Waals surface area contributed by atoms with Crippen LogP contribution in [0.2, 0.25) is 0 Å². The van der Waals surface area contributed by atoms with E-state index >= 15 is 0 Å². The van der Waals surface area contributed by atoms with Crippen molar-refractivity contribution in [3.8, 4) is 23.0 Å². The van der Waals surface area contributed by atoms with Gasteiger partial charge in [0, 0.05) is 17.7 Å². The van der Waals surface area contributed by atoms with Crippen LogP contribution in [0.1, 0.15) is 15.9 Å². The van der Waals surface area contributed by atoms with E-state index in [1.165, 1.54) is 30.3 Å². The van der Waals surface area contributed by atoms with E-state index in [4.69, 9.17) is 9.47 Å². The molecule has 1 aliphatic rings. The Hall–Kier alpha value is -3.15. The van der Waals surface area contributed by atoms with Crippen molar-refractivity contribution in [2.45, 2.75) is 30.7 Å². The van der Waals surface area contributed by atoms with E-state index in [0.717, 1.165) is 18.2 Å². The summed E-state index contributed by atoms with van der Waals surface area (Å²) in [5.41, 5.74) is 0.227. The molecule has 0 saturated carbocycles. The maximum atomic E-state index is 12.7. The van der Waals surface area contributed by atoms with Gasteiger partial charge in [0.1, 0.15) is 47.4 Å². The van der Waals surface area contributed by atoms with Crippen molar-refractivity contribution in [3.05, 3.63) is 53.6 Å². The van der Waals surface area contributed by atoms with Crippen LogP contribution in [0.15, 0.2) is 42.5 Å². The second-order valence-electron chi connectivity index (χ2n) is 6.94. The van der Waals surface area contributed by atoms with Crippen LogP contribution in [-0.2, 0) is 4.74 Å². The lowest BCUT2D eigenvalue weighted by molar-refractivity contribution is -0.277. The molecular formula is C21H22O10. The smallest absolute Gasteiger partial charge is 0.229 e. The molecule has 1 heterocycles. The number of aliphatic hydroxyl groups excluding tert-OH is 4. The summed E-state index contributed by atoms with van der Waals surface area (Å²) >= 11 is 0. The maximum Gasteiger partial charge on any atom is 0.229 e. The van der Waals surface area contributed by atoms with E-state index in [9.17, 15) is 40.5 Å². The lowest BCUT2D eigenvalue weighted by Gasteiger charge is -2.39. The number of benzene rings is 2. The van der Waals surface area contributed by atoms with Crippen molar-refractivity contribution in [1.82, 2.24) is 0 Å². The number of phenols is 3. The number of hydrogen-bond acceptors (Lipinski definition) is 10. The number of aliphatic hydroxyl groups is 4. The standard InChI is InChI=1S/C21H22O10/c22-9-17-18(27)19(28)20(29)21(31-17)30-16-8-12(24)4-5-13(16)14(25)6-2-10-1-3-11(23)7-15(10)26/h1-8,17-24,26-29H,9H2/b6-2+/t17-,18-,19+,20-,21-/m1/s1. The Morgan fingerprint density at radius 3 is 2.32 bits per heavy atom. The Morgan fingerprint density at radius 2 is 1.65 bits per heavy atom. The first-order valence-corrected chi connectivity index (χ1v) is 9.26. The molecule has 0 radical (unpaired) electrons. The van der Waals surface area contributed by atoms with Gasteiger partial charge in [0.25, 0.3) is 0 Å². The molecule has 0 unspecified atom stereocenters. The van der Waals surface area contributed by atoms with Gasteiger partial charge in [0.15, 0.2) is 5.78 Å². The average Bonchev–Trinajstić information content (AvgIpc) is 2.73. The third-order valence-corrected chi connectivity index (χ3v) is 4.75. The van der Waals surface area contributed by atoms with Gasteiger partial charge >= 0.3 is 0 Å². The Morgan fingerprint density at radius 1 is 0.968 bits per heavy atom. The summed E-state index contributed by atoms with van der Waals surface area (Å²) in [6, 6.07) is 7.44. The predicted molar refractivity (Wildman–Crippen MR) is 106 cm³/mol. The molecular weight excluding hydrogens is 412 g/mol. The largest absolute Gasteiger partial charge is 0.508 e. The number of ketones is 1. The van der Waals surface area contributed by atoms with Crippen LogP contribution in [-0.4, -0.2) is 78.8 Å². The van der Waals surface area contributed by atoms with Crippen molar-refractivity contribution in [3.63, 3.8) is 0 Å². The third-order valence-electron chi connectivity index (χ3n) is 4.75. The van der Waals surface area contributed by atoms with Gasteiger partial charge in [0.2, 0.25) is 6.29 Å². The molecule has 2 aromatic rings. The van der Waals surface area contributed by atoms with Crippen molar-refractivity contribution >= 4 is 11.9 Å². The molecule has 10 nitrogen and oxygen atoms in total. The maximum absolute atomic E-state index is 12.7. The van der Waals surface area contributed by atoms with Gasteiger partial charge in [-0.3, -0.25) is 4.79 Å². The number of phenolic OH excluding ortho intramolecular Hbond substituents is 3. The van der Waals surface area contributed by atoms with Gasteiger partial charge in [-0.15, -0.1) is 0 Å². The molecule has 0 aliphatic carbocycles. The van der Waals surface area contributed by atoms with Crippen LogP contribution >= 0.6 is 0 Å². The average molecular weight is 434 g/mol. The molecule has 2 aromatic carbocycles. The summed E-state index contributed by atoms with van der Waals surface area (Å²) in [6.07, 6.45) is -5.28. The second-order valence-corrected chi connectivity index (χ2v) is 6.94. The molecule has 1 aliphatic heterocycles. The van der Waals surface area contributed by atoms with Crippen LogP contribution < -0.4 is 4.74 Å². The zero-order chi connectivity index (χ0) is 22.7. The number of hydrogen-bond donors (Lipinski definition) is 7. The molecule has 7 N–H and O–H groups in total. The van der Waals surface area contributed by atoms with Gasteiger partial charge in [-0.25, -0.2) is 0 Å². The van der Waals surface area contributed by atoms with E-state index in [0.29, 0.717) is 0 Å². The number of rotatable bonds is 6. The Labute approximate surface area is 176 Å². The molecule has 1 fully saturated rings. The minimum atomic E-state index is -1.70. The monoisotopic (exact) mass is 434 g/mol. The summed E-state index contributed by atoms with van der Waals surface area (Å²) < 4.78 is 10.8. The van der Waals surface area contributed by atoms with Crippen molar-refractivity contribution in [2.24, 2.45) is 0 Å². The number of carbonyl (C=O) groups is 1. The zero-order valence-corrected chi connectivity index (χ0v) is 16.1. The topological polar surface area (TPSA) is 177 Å². The van der Waals surface area contributed by atoms with Crippen LogP contribution in [0.5, 0.6) is 23.0 Å². The van der Waals surface area contributed by atoms with E-state index in [2.05, 4.69) is 0 Å². The predicted octanol–water partition coefficient (Wildman–Crippen LogP) is -0.122. The second kappa shape index (κ2) is 9.33. The Kier molecular flexibility index (Phi) is 6.78. The van der Waals surface area contributed by atoms with Gasteiger partial charge in [0.05, 0.1) is 12.2 Å². The molecule has 10 heteroatoms. The Bertz CT molecular complexity index is 971. The normalized spacial score (nSPS) is 26.1. The number of ether oxygens (including phenoxy) is 2. The molecule has 166 valence electrons. The van der Waals surface area contributed by atoms with Crippen molar-refractivity contribution in [1.29, 1.82) is 0 Å². The number of aromatic hydroxyl groups is 3. The molecule has 1 saturated heterocycles. The van der Waals surface area contributed by atoms with Crippen LogP contribution in [0.25, 0.3) is 6.08 Å². The van der Waals surface area contributed by atoms with E-state index in [1.807, 2.05) is 0 Å². The molecule has 0 bridgehead atoms. The highest BCUT2D eigenvalue weighted by Crippen LogP contribution is 2.30. The minimum Gasteiger partial charge on any atom is -0.508 e. The van der Waals surface area contributed by atoms with E-state index in [1.54, 1.807) is 0 Å². The third kappa shape index (κ3) is 4.95. The lowest BCUT2D eigenvalue weighted by Crippen LogP contribution is -2.60. The first-order chi connectivity index (χ1) is 14.7. The molecule has 3 rings (SSSR count). The van der Waals surface area contributed by atoms with Crippen LogP contribution in [0, 0.1) is 0 Å². The van der Waals surface area contributed by atoms with Gasteiger partial charge in [-0.05, 0) is 36.4 Å². The molecule has 0 amide bonds. The highest BCUT2D eigenvalue weighted by molar-refractivity contribution is 6.08. The SMILES string of the molecule is O=C(/C=C/c1ccc(O)cc1O)c1ccc(O)cc1O[C@@H]1O[C@H](CO)[C@@H](O)[C@H](O)[C@H]1O. The first kappa shape index (κ1) is 22.5. The van der Waals surface area contributed by atoms with Crippen LogP contribution in [0.3, 0.4) is 0 Å². The summed E-state index contributed by atoms with van der Waals surface area (Å²) in [5.74, 6) is -1.42. The van der Waals surface area contributed by atoms with Crippen molar-refractivity contribution in [2.75, 3.05) is 6.61 Å². The van der Waals surface area contributed by atoms with Crippen molar-refractivity contribution < 1.29 is 50.0 Å². The fourth-order valence-corrected chi connectivity index (χ4v) is 3.03. The molecule has 5 atom stereocenters. The zero-order valence-electron chi connectivity index (χ0n) is 16.1. The highest BCUT2D eigenvalue weighted by atomic mass is 16.7. The molecule has 31 heavy (non-hydrogen) atoms. The first-order valence-electron chi connectivity index (χ1n) is 9.26. The lowest BCUT2D eigenvalue weighted by atomic mass is 9.99. The molecule has 0 spiro atoms. The summed E-state index contributed by atoms with van der Waals surface area (Å²) in [5, 5.41) is 68.1. The molecule has 0 aromatic heterocycles. The quantitative estimate of drug-likeness (QED) is 0.239. The van der Waals surface area contributed by atoms with Gasteiger partial charge < -0.3 is 45.2 Å². The van der Waals surface area contributed by atoms with Crippen LogP contribution in [0.4, 0.5) is 0 Å². The van der Waals surface area contributed by atoms with Gasteiger partial charge in [-0.1, -0.05) is 0 Å². The van der Waals surface area contributed by atoms with E-state index in [-0.39, 0.29) is 34.1 Å². The number of carbonyl (C=O) groups excluding carboxylic acids is 1. The summed E-state index contributed by atoms with van der Waals surface area (Å²) in [4.78, 5) is 12.7. The highest BCUT2D eigenvalue weighted by Gasteiger charge is 2.45. The Balaban J connectivity index is 1.85. The van der Waals surface area contributed by atoms with E-state index < -0.39 is 43.1 Å². The van der Waals surface area contributed by atoms with Gasteiger partial charge in [-0.2, -0.15) is 0 Å². The fraction of sp³-hybridized carbons (Fsp3) is 0.286. The fourth-order valence-electron chi connectivity index (χ4n) is 3.03. The summed E-state index contributed by atoms with van der Waals surface area (Å²) in [6.45, 7) is -0.657.